The summed E-state index contributed by atoms with van der Waals surface area (Å²) < 4.78 is 10.8. The first-order valence-corrected chi connectivity index (χ1v) is 6.44. The van der Waals surface area contributed by atoms with Crippen LogP contribution in [-0.2, 0) is 4.79 Å². The van der Waals surface area contributed by atoms with E-state index in [0.717, 1.165) is 0 Å². The average molecular weight is 266 g/mol. The molecule has 0 aliphatic carbocycles. The lowest BCUT2D eigenvalue weighted by Crippen LogP contribution is -2.22. The molecule has 0 radical (unpaired) electrons. The predicted octanol–water partition coefficient (Wildman–Crippen LogP) is 1.99. The molecule has 1 aromatic rings. The Morgan fingerprint density at radius 1 is 1.32 bits per heavy atom. The van der Waals surface area contributed by atoms with E-state index in [1.54, 1.807) is 18.2 Å². The normalized spacial score (nSPS) is 16.7. The van der Waals surface area contributed by atoms with E-state index < -0.39 is 18.0 Å². The van der Waals surface area contributed by atoms with Gasteiger partial charge in [-0.2, -0.15) is 0 Å². The molecule has 5 heteroatoms. The molecule has 1 aliphatic heterocycles. The van der Waals surface area contributed by atoms with Crippen LogP contribution >= 0.6 is 0 Å². The molecule has 1 aromatic carbocycles. The maximum absolute atomic E-state index is 11.2. The molecule has 0 spiro atoms. The van der Waals surface area contributed by atoms with Crippen LogP contribution in [-0.4, -0.2) is 29.4 Å². The molecule has 0 aromatic heterocycles. The molecule has 0 fully saturated rings. The van der Waals surface area contributed by atoms with Gasteiger partial charge in [0.25, 0.3) is 0 Å². The van der Waals surface area contributed by atoms with Gasteiger partial charge >= 0.3 is 5.97 Å². The van der Waals surface area contributed by atoms with Crippen LogP contribution in [0.2, 0.25) is 0 Å². The fourth-order valence-electron chi connectivity index (χ4n) is 2.20. The standard InChI is InChI=1S/C14H18O5/c1-2-3-10(14(16)17)13(15)9-4-5-11-12(8-9)19-7-6-18-11/h4-5,8,10,13,15H,2-3,6-7H2,1H3,(H,16,17). The Morgan fingerprint density at radius 2 is 2.00 bits per heavy atom. The third-order valence-electron chi connectivity index (χ3n) is 3.21. The lowest BCUT2D eigenvalue weighted by atomic mass is 9.92. The summed E-state index contributed by atoms with van der Waals surface area (Å²) in [4.78, 5) is 11.2. The van der Waals surface area contributed by atoms with E-state index in [-0.39, 0.29) is 0 Å². The summed E-state index contributed by atoms with van der Waals surface area (Å²) in [5, 5.41) is 19.4. The van der Waals surface area contributed by atoms with Crippen molar-refractivity contribution in [2.75, 3.05) is 13.2 Å². The zero-order chi connectivity index (χ0) is 13.8. The third-order valence-corrected chi connectivity index (χ3v) is 3.21. The monoisotopic (exact) mass is 266 g/mol. The molecule has 19 heavy (non-hydrogen) atoms. The fraction of sp³-hybridized carbons (Fsp3) is 0.500. The Balaban J connectivity index is 2.22. The quantitative estimate of drug-likeness (QED) is 0.852. The van der Waals surface area contributed by atoms with Gasteiger partial charge in [0.2, 0.25) is 0 Å². The minimum absolute atomic E-state index is 0.435. The second kappa shape index (κ2) is 5.93. The van der Waals surface area contributed by atoms with Crippen LogP contribution in [0.4, 0.5) is 0 Å². The van der Waals surface area contributed by atoms with Gasteiger partial charge in [-0.1, -0.05) is 19.4 Å². The van der Waals surface area contributed by atoms with E-state index in [2.05, 4.69) is 0 Å². The molecule has 2 N–H and O–H groups in total. The smallest absolute Gasteiger partial charge is 0.309 e. The van der Waals surface area contributed by atoms with Crippen molar-refractivity contribution in [2.24, 2.45) is 5.92 Å². The number of benzene rings is 1. The zero-order valence-corrected chi connectivity index (χ0v) is 10.8. The van der Waals surface area contributed by atoms with Crippen LogP contribution in [0.15, 0.2) is 18.2 Å². The lowest BCUT2D eigenvalue weighted by Gasteiger charge is -2.22. The number of aliphatic hydroxyl groups is 1. The first-order chi connectivity index (χ1) is 9.13. The van der Waals surface area contributed by atoms with Crippen molar-refractivity contribution >= 4 is 5.97 Å². The Bertz CT molecular complexity index is 457. The Kier molecular flexibility index (Phi) is 4.27. The number of hydrogen-bond acceptors (Lipinski definition) is 4. The maximum atomic E-state index is 11.2. The van der Waals surface area contributed by atoms with Gasteiger partial charge in [-0.15, -0.1) is 0 Å². The Morgan fingerprint density at radius 3 is 2.63 bits per heavy atom. The highest BCUT2D eigenvalue weighted by molar-refractivity contribution is 5.71. The number of carbonyl (C=O) groups is 1. The zero-order valence-electron chi connectivity index (χ0n) is 10.8. The van der Waals surface area contributed by atoms with E-state index >= 15 is 0 Å². The number of rotatable bonds is 5. The second-order valence-corrected chi connectivity index (χ2v) is 4.58. The highest BCUT2D eigenvalue weighted by Gasteiger charge is 2.28. The molecular formula is C14H18O5. The molecular weight excluding hydrogens is 248 g/mol. The van der Waals surface area contributed by atoms with E-state index in [1.807, 2.05) is 6.92 Å². The van der Waals surface area contributed by atoms with Crippen molar-refractivity contribution in [1.29, 1.82) is 0 Å². The number of aliphatic carboxylic acids is 1. The second-order valence-electron chi connectivity index (χ2n) is 4.58. The van der Waals surface area contributed by atoms with Gasteiger partial charge in [-0.3, -0.25) is 4.79 Å². The molecule has 104 valence electrons. The topological polar surface area (TPSA) is 76.0 Å². The predicted molar refractivity (Wildman–Crippen MR) is 68.4 cm³/mol. The van der Waals surface area contributed by atoms with Gasteiger partial charge in [-0.25, -0.2) is 0 Å². The summed E-state index contributed by atoms with van der Waals surface area (Å²) in [6, 6.07) is 5.05. The molecule has 2 unspecified atom stereocenters. The van der Waals surface area contributed by atoms with Crippen LogP contribution in [0.1, 0.15) is 31.4 Å². The van der Waals surface area contributed by atoms with Crippen LogP contribution in [0, 0.1) is 5.92 Å². The number of carboxylic acids is 1. The summed E-state index contributed by atoms with van der Waals surface area (Å²) in [7, 11) is 0. The van der Waals surface area contributed by atoms with E-state index in [1.165, 1.54) is 0 Å². The molecule has 0 saturated carbocycles. The van der Waals surface area contributed by atoms with Gasteiger partial charge in [-0.05, 0) is 24.1 Å². The molecule has 0 bridgehead atoms. The van der Waals surface area contributed by atoms with Gasteiger partial charge in [0, 0.05) is 0 Å². The van der Waals surface area contributed by atoms with Crippen LogP contribution in [0.3, 0.4) is 0 Å². The van der Waals surface area contributed by atoms with Crippen LogP contribution in [0.25, 0.3) is 0 Å². The van der Waals surface area contributed by atoms with Crippen molar-refractivity contribution in [3.05, 3.63) is 23.8 Å². The molecule has 0 amide bonds. The van der Waals surface area contributed by atoms with E-state index in [0.29, 0.717) is 43.1 Å². The number of aliphatic hydroxyl groups excluding tert-OH is 1. The van der Waals surface area contributed by atoms with Crippen molar-refractivity contribution in [3.8, 4) is 11.5 Å². The van der Waals surface area contributed by atoms with Gasteiger partial charge < -0.3 is 19.7 Å². The van der Waals surface area contributed by atoms with Crippen molar-refractivity contribution in [1.82, 2.24) is 0 Å². The summed E-state index contributed by atoms with van der Waals surface area (Å²) in [6.45, 7) is 2.86. The highest BCUT2D eigenvalue weighted by atomic mass is 16.6. The van der Waals surface area contributed by atoms with Crippen molar-refractivity contribution in [2.45, 2.75) is 25.9 Å². The van der Waals surface area contributed by atoms with Crippen LogP contribution in [0.5, 0.6) is 11.5 Å². The van der Waals surface area contributed by atoms with Crippen LogP contribution < -0.4 is 9.47 Å². The molecule has 5 nitrogen and oxygen atoms in total. The van der Waals surface area contributed by atoms with Crippen molar-refractivity contribution in [3.63, 3.8) is 0 Å². The van der Waals surface area contributed by atoms with Gasteiger partial charge in [0.1, 0.15) is 13.2 Å². The van der Waals surface area contributed by atoms with E-state index in [9.17, 15) is 9.90 Å². The van der Waals surface area contributed by atoms with Gasteiger partial charge in [0.15, 0.2) is 11.5 Å². The Hall–Kier alpha value is -1.75. The largest absolute Gasteiger partial charge is 0.486 e. The molecule has 1 aliphatic rings. The molecule has 2 atom stereocenters. The number of hydrogen-bond donors (Lipinski definition) is 2. The molecule has 2 rings (SSSR count). The fourth-order valence-corrected chi connectivity index (χ4v) is 2.20. The number of fused-ring (bicyclic) bond motifs is 1. The first-order valence-electron chi connectivity index (χ1n) is 6.44. The lowest BCUT2D eigenvalue weighted by molar-refractivity contribution is -0.146. The molecule has 1 heterocycles. The summed E-state index contributed by atoms with van der Waals surface area (Å²) in [5.41, 5.74) is 0.546. The highest BCUT2D eigenvalue weighted by Crippen LogP contribution is 2.35. The van der Waals surface area contributed by atoms with Gasteiger partial charge in [0.05, 0.1) is 12.0 Å². The average Bonchev–Trinajstić information content (AvgIpc) is 2.43. The Labute approximate surface area is 111 Å². The SMILES string of the molecule is CCCC(C(=O)O)C(O)c1ccc2c(c1)OCCO2. The maximum Gasteiger partial charge on any atom is 0.309 e. The number of carboxylic acid groups (broad SMARTS) is 1. The minimum Gasteiger partial charge on any atom is -0.486 e. The molecule has 0 saturated heterocycles. The third kappa shape index (κ3) is 2.98. The summed E-state index contributed by atoms with van der Waals surface area (Å²) in [5.74, 6) is -0.593. The van der Waals surface area contributed by atoms with E-state index in [4.69, 9.17) is 14.6 Å². The summed E-state index contributed by atoms with van der Waals surface area (Å²) >= 11 is 0. The minimum atomic E-state index is -1.03. The van der Waals surface area contributed by atoms with Crippen molar-refractivity contribution < 1.29 is 24.5 Å². The summed E-state index contributed by atoms with van der Waals surface area (Å²) in [6.07, 6.45) is 0.108. The first kappa shape index (κ1) is 13.7. The number of ether oxygens (including phenoxy) is 2.